The van der Waals surface area contributed by atoms with Crippen molar-refractivity contribution in [2.75, 3.05) is 13.7 Å². The van der Waals surface area contributed by atoms with E-state index in [0.29, 0.717) is 17.5 Å². The predicted octanol–water partition coefficient (Wildman–Crippen LogP) is 3.73. The van der Waals surface area contributed by atoms with Crippen LogP contribution in [-0.2, 0) is 4.79 Å². The van der Waals surface area contributed by atoms with Crippen molar-refractivity contribution < 1.29 is 9.53 Å². The monoisotopic (exact) mass is 394 g/mol. The number of ether oxygens (including phenoxy) is 1. The Balaban J connectivity index is 1.97. The van der Waals surface area contributed by atoms with Gasteiger partial charge in [0, 0.05) is 17.8 Å². The number of nitrogens with zero attached hydrogens (tertiary/aromatic N) is 3. The molecule has 1 heterocycles. The number of nitrogens with one attached hydrogen (secondary N) is 1. The molecular formula is C21H22N4O2S. The molecule has 3 rings (SSSR count). The molecule has 3 aromatic rings. The third kappa shape index (κ3) is 4.43. The van der Waals surface area contributed by atoms with Crippen LogP contribution in [0.25, 0.3) is 17.1 Å². The largest absolute Gasteiger partial charge is 0.497 e. The van der Waals surface area contributed by atoms with Crippen molar-refractivity contribution in [2.24, 2.45) is 0 Å². The van der Waals surface area contributed by atoms with Gasteiger partial charge in [0.25, 0.3) is 0 Å². The zero-order valence-electron chi connectivity index (χ0n) is 15.8. The number of methoxy groups -OCH3 is 1. The molecule has 0 fully saturated rings. The highest BCUT2D eigenvalue weighted by Crippen LogP contribution is 2.30. The predicted molar refractivity (Wildman–Crippen MR) is 112 cm³/mol. The van der Waals surface area contributed by atoms with E-state index in [-0.39, 0.29) is 11.2 Å². The minimum absolute atomic E-state index is 0.0708. The maximum Gasteiger partial charge on any atom is 0.233 e. The summed E-state index contributed by atoms with van der Waals surface area (Å²) in [5.74, 6) is 1.41. The molecule has 1 amide bonds. The van der Waals surface area contributed by atoms with E-state index in [9.17, 15) is 4.79 Å². The number of para-hydroxylation sites is 1. The van der Waals surface area contributed by atoms with Crippen LogP contribution in [0.15, 0.2) is 72.4 Å². The van der Waals surface area contributed by atoms with Crippen LogP contribution in [0.1, 0.15) is 6.92 Å². The summed E-state index contributed by atoms with van der Waals surface area (Å²) in [4.78, 5) is 12.3. The standard InChI is InChI=1S/C21H22N4O2S/c1-4-14-22-20(26)15(2)28-21-24-23-19(16-10-12-18(27-3)13-11-16)25(21)17-8-6-5-7-9-17/h4-13,15H,1,14H2,2-3H3,(H,22,26). The van der Waals surface area contributed by atoms with E-state index < -0.39 is 0 Å². The van der Waals surface area contributed by atoms with Gasteiger partial charge in [0.2, 0.25) is 5.91 Å². The molecular weight excluding hydrogens is 372 g/mol. The van der Waals surface area contributed by atoms with E-state index in [0.717, 1.165) is 17.0 Å². The number of hydrogen-bond acceptors (Lipinski definition) is 5. The Morgan fingerprint density at radius 1 is 1.21 bits per heavy atom. The van der Waals surface area contributed by atoms with Gasteiger partial charge in [-0.25, -0.2) is 0 Å². The first-order valence-electron chi connectivity index (χ1n) is 8.84. The van der Waals surface area contributed by atoms with Gasteiger partial charge >= 0.3 is 0 Å². The highest BCUT2D eigenvalue weighted by atomic mass is 32.2. The molecule has 0 bridgehead atoms. The number of benzene rings is 2. The van der Waals surface area contributed by atoms with Crippen LogP contribution in [0.4, 0.5) is 0 Å². The average Bonchev–Trinajstić information content (AvgIpc) is 3.16. The average molecular weight is 395 g/mol. The van der Waals surface area contributed by atoms with Gasteiger partial charge in [0.05, 0.1) is 12.4 Å². The minimum Gasteiger partial charge on any atom is -0.497 e. The van der Waals surface area contributed by atoms with E-state index >= 15 is 0 Å². The Labute approximate surface area is 168 Å². The van der Waals surface area contributed by atoms with Gasteiger partial charge in [0.1, 0.15) is 5.75 Å². The summed E-state index contributed by atoms with van der Waals surface area (Å²) < 4.78 is 7.20. The fourth-order valence-electron chi connectivity index (χ4n) is 2.61. The summed E-state index contributed by atoms with van der Waals surface area (Å²) in [6, 6.07) is 17.5. The Bertz CT molecular complexity index is 939. The molecule has 0 saturated heterocycles. The minimum atomic E-state index is -0.324. The van der Waals surface area contributed by atoms with E-state index in [1.807, 2.05) is 66.1 Å². The molecule has 0 saturated carbocycles. The zero-order chi connectivity index (χ0) is 19.9. The van der Waals surface area contributed by atoms with Crippen LogP contribution in [0, 0.1) is 0 Å². The van der Waals surface area contributed by atoms with Crippen LogP contribution in [0.2, 0.25) is 0 Å². The van der Waals surface area contributed by atoms with Gasteiger partial charge < -0.3 is 10.1 Å². The summed E-state index contributed by atoms with van der Waals surface area (Å²) in [6.45, 7) is 5.91. The molecule has 1 N–H and O–H groups in total. The molecule has 0 aliphatic heterocycles. The molecule has 6 nitrogen and oxygen atoms in total. The molecule has 144 valence electrons. The lowest BCUT2D eigenvalue weighted by atomic mass is 10.2. The number of amides is 1. The van der Waals surface area contributed by atoms with E-state index in [1.165, 1.54) is 11.8 Å². The summed E-state index contributed by atoms with van der Waals surface area (Å²) >= 11 is 1.37. The van der Waals surface area contributed by atoms with Crippen molar-refractivity contribution in [1.29, 1.82) is 0 Å². The number of carbonyl (C=O) groups excluding carboxylic acids is 1. The summed E-state index contributed by atoms with van der Waals surface area (Å²) in [5.41, 5.74) is 1.84. The highest BCUT2D eigenvalue weighted by molar-refractivity contribution is 8.00. The number of rotatable bonds is 8. The number of thioether (sulfide) groups is 1. The molecule has 1 aromatic heterocycles. The van der Waals surface area contributed by atoms with E-state index in [4.69, 9.17) is 4.74 Å². The summed E-state index contributed by atoms with van der Waals surface area (Å²) in [7, 11) is 1.63. The van der Waals surface area contributed by atoms with Crippen molar-refractivity contribution in [1.82, 2.24) is 20.1 Å². The Kier molecular flexibility index (Phi) is 6.49. The molecule has 7 heteroatoms. The van der Waals surface area contributed by atoms with Crippen LogP contribution >= 0.6 is 11.8 Å². The zero-order valence-corrected chi connectivity index (χ0v) is 16.6. The third-order valence-corrected chi connectivity index (χ3v) is 5.11. The number of aromatic nitrogens is 3. The second-order valence-electron chi connectivity index (χ2n) is 6.00. The van der Waals surface area contributed by atoms with Gasteiger partial charge in [-0.1, -0.05) is 36.0 Å². The van der Waals surface area contributed by atoms with Gasteiger partial charge in [-0.2, -0.15) is 0 Å². The molecule has 28 heavy (non-hydrogen) atoms. The normalized spacial score (nSPS) is 11.6. The van der Waals surface area contributed by atoms with Gasteiger partial charge in [-0.3, -0.25) is 9.36 Å². The molecule has 1 unspecified atom stereocenters. The Morgan fingerprint density at radius 3 is 2.57 bits per heavy atom. The summed E-state index contributed by atoms with van der Waals surface area (Å²) in [5, 5.41) is 11.9. The topological polar surface area (TPSA) is 69.0 Å². The van der Waals surface area contributed by atoms with Crippen molar-refractivity contribution >= 4 is 17.7 Å². The Hall–Kier alpha value is -3.06. The van der Waals surface area contributed by atoms with Crippen molar-refractivity contribution in [3.63, 3.8) is 0 Å². The number of carbonyl (C=O) groups is 1. The third-order valence-electron chi connectivity index (χ3n) is 4.07. The molecule has 0 radical (unpaired) electrons. The molecule has 0 aliphatic rings. The first-order chi connectivity index (χ1) is 13.6. The van der Waals surface area contributed by atoms with E-state index in [2.05, 4.69) is 22.1 Å². The maximum absolute atomic E-state index is 12.3. The quantitative estimate of drug-likeness (QED) is 0.466. The van der Waals surface area contributed by atoms with Crippen molar-refractivity contribution in [3.8, 4) is 22.8 Å². The lowest BCUT2D eigenvalue weighted by Gasteiger charge is -2.13. The summed E-state index contributed by atoms with van der Waals surface area (Å²) in [6.07, 6.45) is 1.66. The SMILES string of the molecule is C=CCNC(=O)C(C)Sc1nnc(-c2ccc(OC)cc2)n1-c1ccccc1. The fraction of sp³-hybridized carbons (Fsp3) is 0.190. The first kappa shape index (κ1) is 19.7. The highest BCUT2D eigenvalue weighted by Gasteiger charge is 2.21. The number of hydrogen-bond donors (Lipinski definition) is 1. The maximum atomic E-state index is 12.3. The Morgan fingerprint density at radius 2 is 1.93 bits per heavy atom. The smallest absolute Gasteiger partial charge is 0.233 e. The first-order valence-corrected chi connectivity index (χ1v) is 9.72. The molecule has 0 spiro atoms. The molecule has 0 aliphatic carbocycles. The molecule has 1 atom stereocenters. The second-order valence-corrected chi connectivity index (χ2v) is 7.31. The fourth-order valence-corrected chi connectivity index (χ4v) is 3.50. The molecule has 2 aromatic carbocycles. The van der Waals surface area contributed by atoms with E-state index in [1.54, 1.807) is 13.2 Å². The van der Waals surface area contributed by atoms with Crippen molar-refractivity contribution in [2.45, 2.75) is 17.3 Å². The lowest BCUT2D eigenvalue weighted by molar-refractivity contribution is -0.120. The van der Waals surface area contributed by atoms with Crippen LogP contribution in [0.3, 0.4) is 0 Å². The van der Waals surface area contributed by atoms with Crippen molar-refractivity contribution in [3.05, 3.63) is 67.3 Å². The second kappa shape index (κ2) is 9.23. The van der Waals surface area contributed by atoms with Crippen LogP contribution in [-0.4, -0.2) is 39.6 Å². The van der Waals surface area contributed by atoms with Crippen LogP contribution in [0.5, 0.6) is 5.75 Å². The van der Waals surface area contributed by atoms with Gasteiger partial charge in [-0.15, -0.1) is 16.8 Å². The lowest BCUT2D eigenvalue weighted by Crippen LogP contribution is -2.31. The van der Waals surface area contributed by atoms with Gasteiger partial charge in [-0.05, 0) is 43.3 Å². The van der Waals surface area contributed by atoms with Gasteiger partial charge in [0.15, 0.2) is 11.0 Å². The van der Waals surface area contributed by atoms with Crippen LogP contribution < -0.4 is 10.1 Å².